The van der Waals surface area contributed by atoms with Gasteiger partial charge in [0.05, 0.1) is 0 Å². The second-order valence-electron chi connectivity index (χ2n) is 6.39. The van der Waals surface area contributed by atoms with E-state index < -0.39 is 0 Å². The normalized spacial score (nSPS) is 23.8. The van der Waals surface area contributed by atoms with E-state index in [0.29, 0.717) is 24.5 Å². The molecule has 1 aromatic carbocycles. The average Bonchev–Trinajstić information content (AvgIpc) is 3.02. The third-order valence-electron chi connectivity index (χ3n) is 4.96. The SMILES string of the molecule is C=C(c1cccc(Cl)c1)[C@@H]1CC[C@H]2CN(C(=O)NCCCl)CCN21. The van der Waals surface area contributed by atoms with Crippen LogP contribution in [0.1, 0.15) is 18.4 Å². The van der Waals surface area contributed by atoms with E-state index in [4.69, 9.17) is 23.2 Å². The Bertz CT molecular complexity index is 622. The predicted molar refractivity (Wildman–Crippen MR) is 99.7 cm³/mol. The first-order valence-corrected chi connectivity index (χ1v) is 9.30. The number of amides is 2. The monoisotopic (exact) mass is 367 g/mol. The second kappa shape index (κ2) is 7.77. The van der Waals surface area contributed by atoms with Crippen LogP contribution in [0.4, 0.5) is 4.79 Å². The smallest absolute Gasteiger partial charge is 0.317 e. The largest absolute Gasteiger partial charge is 0.337 e. The van der Waals surface area contributed by atoms with Crippen LogP contribution in [0.25, 0.3) is 5.57 Å². The van der Waals surface area contributed by atoms with E-state index in [2.05, 4.69) is 22.9 Å². The molecule has 0 radical (unpaired) electrons. The molecule has 1 aromatic rings. The number of rotatable bonds is 4. The second-order valence-corrected chi connectivity index (χ2v) is 7.20. The average molecular weight is 368 g/mol. The molecule has 2 saturated heterocycles. The molecule has 2 aliphatic heterocycles. The Hall–Kier alpha value is -1.23. The molecule has 2 aliphatic rings. The van der Waals surface area contributed by atoms with Crippen LogP contribution < -0.4 is 5.32 Å². The molecule has 0 spiro atoms. The van der Waals surface area contributed by atoms with Crippen molar-refractivity contribution < 1.29 is 4.79 Å². The van der Waals surface area contributed by atoms with Crippen LogP contribution in [-0.4, -0.2) is 60.0 Å². The number of carbonyl (C=O) groups excluding carboxylic acids is 1. The number of fused-ring (bicyclic) bond motifs is 1. The first kappa shape index (κ1) is 17.6. The molecule has 0 bridgehead atoms. The van der Waals surface area contributed by atoms with Gasteiger partial charge in [0, 0.05) is 49.2 Å². The number of nitrogens with zero attached hydrogens (tertiary/aromatic N) is 2. The van der Waals surface area contributed by atoms with Crippen molar-refractivity contribution in [3.8, 4) is 0 Å². The van der Waals surface area contributed by atoms with Gasteiger partial charge in [-0.25, -0.2) is 4.79 Å². The fraction of sp³-hybridized carbons (Fsp3) is 0.500. The van der Waals surface area contributed by atoms with E-state index in [-0.39, 0.29) is 6.03 Å². The maximum absolute atomic E-state index is 12.1. The van der Waals surface area contributed by atoms with Crippen LogP contribution in [0.2, 0.25) is 5.02 Å². The summed E-state index contributed by atoms with van der Waals surface area (Å²) in [6, 6.07) is 8.63. The van der Waals surface area contributed by atoms with Gasteiger partial charge in [-0.15, -0.1) is 11.6 Å². The third kappa shape index (κ3) is 3.71. The highest BCUT2D eigenvalue weighted by Crippen LogP contribution is 2.35. The number of carbonyl (C=O) groups is 1. The lowest BCUT2D eigenvalue weighted by Gasteiger charge is -2.40. The molecule has 0 aromatic heterocycles. The molecule has 6 heteroatoms. The Labute approximate surface area is 153 Å². The zero-order chi connectivity index (χ0) is 17.1. The van der Waals surface area contributed by atoms with Crippen molar-refractivity contribution in [3.05, 3.63) is 41.4 Å². The van der Waals surface area contributed by atoms with Crippen LogP contribution in [-0.2, 0) is 0 Å². The Morgan fingerprint density at radius 2 is 2.17 bits per heavy atom. The molecule has 2 heterocycles. The van der Waals surface area contributed by atoms with E-state index in [1.165, 1.54) is 0 Å². The van der Waals surface area contributed by atoms with Gasteiger partial charge < -0.3 is 10.2 Å². The number of benzene rings is 1. The topological polar surface area (TPSA) is 35.6 Å². The van der Waals surface area contributed by atoms with Crippen LogP contribution in [0.3, 0.4) is 0 Å². The molecule has 3 rings (SSSR count). The van der Waals surface area contributed by atoms with Gasteiger partial charge >= 0.3 is 6.03 Å². The van der Waals surface area contributed by atoms with Crippen molar-refractivity contribution in [1.82, 2.24) is 15.1 Å². The highest BCUT2D eigenvalue weighted by Gasteiger charge is 2.39. The van der Waals surface area contributed by atoms with Crippen molar-refractivity contribution in [3.63, 3.8) is 0 Å². The fourth-order valence-electron chi connectivity index (χ4n) is 3.76. The molecular formula is C18H23Cl2N3O. The Balaban J connectivity index is 1.63. The molecule has 130 valence electrons. The number of urea groups is 1. The molecule has 0 unspecified atom stereocenters. The Kier molecular flexibility index (Phi) is 5.69. The summed E-state index contributed by atoms with van der Waals surface area (Å²) in [6.07, 6.45) is 2.16. The molecule has 1 N–H and O–H groups in total. The van der Waals surface area contributed by atoms with Gasteiger partial charge in [-0.05, 0) is 36.1 Å². The third-order valence-corrected chi connectivity index (χ3v) is 5.38. The summed E-state index contributed by atoms with van der Waals surface area (Å²) in [5, 5.41) is 3.59. The van der Waals surface area contributed by atoms with Crippen LogP contribution in [0.5, 0.6) is 0 Å². The van der Waals surface area contributed by atoms with E-state index in [1.807, 2.05) is 23.1 Å². The van der Waals surface area contributed by atoms with E-state index in [0.717, 1.165) is 48.6 Å². The zero-order valence-corrected chi connectivity index (χ0v) is 15.2. The maximum atomic E-state index is 12.1. The van der Waals surface area contributed by atoms with Crippen molar-refractivity contribution >= 4 is 34.8 Å². The Morgan fingerprint density at radius 3 is 2.92 bits per heavy atom. The molecule has 2 fully saturated rings. The van der Waals surface area contributed by atoms with Crippen LogP contribution in [0, 0.1) is 0 Å². The summed E-state index contributed by atoms with van der Waals surface area (Å²) >= 11 is 11.7. The number of hydrogen-bond acceptors (Lipinski definition) is 2. The molecule has 2 amide bonds. The molecular weight excluding hydrogens is 345 g/mol. The minimum Gasteiger partial charge on any atom is -0.337 e. The van der Waals surface area contributed by atoms with Gasteiger partial charge in [-0.2, -0.15) is 0 Å². The highest BCUT2D eigenvalue weighted by atomic mass is 35.5. The summed E-state index contributed by atoms with van der Waals surface area (Å²) in [5.41, 5.74) is 2.23. The number of alkyl halides is 1. The number of nitrogens with one attached hydrogen (secondary N) is 1. The van der Waals surface area contributed by atoms with Crippen molar-refractivity contribution in [2.24, 2.45) is 0 Å². The van der Waals surface area contributed by atoms with E-state index in [1.54, 1.807) is 0 Å². The quantitative estimate of drug-likeness (QED) is 0.827. The first-order valence-electron chi connectivity index (χ1n) is 8.39. The molecule has 2 atom stereocenters. The fourth-order valence-corrected chi connectivity index (χ4v) is 4.04. The number of piperazine rings is 1. The number of halogens is 2. The summed E-state index contributed by atoms with van der Waals surface area (Å²) in [5.74, 6) is 0.441. The standard InChI is InChI=1S/C18H23Cl2N3O/c1-13(14-3-2-4-15(20)11-14)17-6-5-16-12-22(9-10-23(16)17)18(24)21-8-7-19/h2-4,11,16-17H,1,5-10,12H2,(H,21,24)/t16-,17-/m0/s1. The van der Waals surface area contributed by atoms with Gasteiger partial charge in [0.2, 0.25) is 0 Å². The summed E-state index contributed by atoms with van der Waals surface area (Å²) in [4.78, 5) is 16.5. The molecule has 4 nitrogen and oxygen atoms in total. The lowest BCUT2D eigenvalue weighted by molar-refractivity contribution is 0.106. The van der Waals surface area contributed by atoms with Gasteiger partial charge in [0.25, 0.3) is 0 Å². The van der Waals surface area contributed by atoms with Crippen molar-refractivity contribution in [1.29, 1.82) is 0 Å². The minimum atomic E-state index is -0.00702. The minimum absolute atomic E-state index is 0.00702. The highest BCUT2D eigenvalue weighted by molar-refractivity contribution is 6.30. The predicted octanol–water partition coefficient (Wildman–Crippen LogP) is 3.45. The van der Waals surface area contributed by atoms with Gasteiger partial charge in [-0.3, -0.25) is 4.90 Å². The van der Waals surface area contributed by atoms with Gasteiger partial charge in [0.15, 0.2) is 0 Å². The molecule has 24 heavy (non-hydrogen) atoms. The summed E-state index contributed by atoms with van der Waals surface area (Å²) < 4.78 is 0. The lowest BCUT2D eigenvalue weighted by Crippen LogP contribution is -2.56. The maximum Gasteiger partial charge on any atom is 0.317 e. The van der Waals surface area contributed by atoms with Gasteiger partial charge in [0.1, 0.15) is 0 Å². The zero-order valence-electron chi connectivity index (χ0n) is 13.7. The van der Waals surface area contributed by atoms with Crippen LogP contribution in [0.15, 0.2) is 30.8 Å². The summed E-state index contributed by atoms with van der Waals surface area (Å²) in [7, 11) is 0. The van der Waals surface area contributed by atoms with Crippen LogP contribution >= 0.6 is 23.2 Å². The van der Waals surface area contributed by atoms with Crippen molar-refractivity contribution in [2.45, 2.75) is 24.9 Å². The van der Waals surface area contributed by atoms with Gasteiger partial charge in [-0.1, -0.05) is 30.3 Å². The van der Waals surface area contributed by atoms with E-state index >= 15 is 0 Å². The van der Waals surface area contributed by atoms with Crippen molar-refractivity contribution in [2.75, 3.05) is 32.1 Å². The van der Waals surface area contributed by atoms with E-state index in [9.17, 15) is 4.79 Å². The lowest BCUT2D eigenvalue weighted by atomic mass is 9.98. The first-order chi connectivity index (χ1) is 11.6. The Morgan fingerprint density at radius 1 is 1.33 bits per heavy atom. The number of hydrogen-bond donors (Lipinski definition) is 1. The molecule has 0 aliphatic carbocycles. The molecule has 0 saturated carbocycles. The summed E-state index contributed by atoms with van der Waals surface area (Å²) in [6.45, 7) is 7.23.